The van der Waals surface area contributed by atoms with Gasteiger partial charge in [0.15, 0.2) is 4.96 Å². The molecule has 2 aromatic carbocycles. The maximum atomic E-state index is 13.0. The van der Waals surface area contributed by atoms with Crippen molar-refractivity contribution in [1.82, 2.24) is 9.38 Å². The highest BCUT2D eigenvalue weighted by molar-refractivity contribution is 7.92. The Bertz CT molecular complexity index is 1240. The number of nitrogens with one attached hydrogen (secondary N) is 1. The lowest BCUT2D eigenvalue weighted by Crippen LogP contribution is -2.14. The van der Waals surface area contributed by atoms with Crippen molar-refractivity contribution < 1.29 is 13.2 Å². The van der Waals surface area contributed by atoms with E-state index in [0.29, 0.717) is 11.4 Å². The van der Waals surface area contributed by atoms with Crippen molar-refractivity contribution in [3.63, 3.8) is 0 Å². The summed E-state index contributed by atoms with van der Waals surface area (Å²) in [5.41, 5.74) is 3.94. The Labute approximate surface area is 167 Å². The van der Waals surface area contributed by atoms with Gasteiger partial charge in [-0.25, -0.2) is 13.4 Å². The summed E-state index contributed by atoms with van der Waals surface area (Å²) in [5, 5.41) is 1.97. The van der Waals surface area contributed by atoms with Crippen molar-refractivity contribution in [2.24, 2.45) is 0 Å². The van der Waals surface area contributed by atoms with E-state index in [9.17, 15) is 8.42 Å². The van der Waals surface area contributed by atoms with Crippen molar-refractivity contribution >= 4 is 32.0 Å². The van der Waals surface area contributed by atoms with Crippen LogP contribution in [-0.2, 0) is 10.0 Å². The number of ether oxygens (including phenoxy) is 1. The van der Waals surface area contributed by atoms with Gasteiger partial charge >= 0.3 is 0 Å². The minimum absolute atomic E-state index is 0.117. The molecule has 0 saturated carbocycles. The summed E-state index contributed by atoms with van der Waals surface area (Å²) in [6.07, 6.45) is 3.86. The first kappa shape index (κ1) is 18.5. The second kappa shape index (κ2) is 6.96. The van der Waals surface area contributed by atoms with Gasteiger partial charge in [0.05, 0.1) is 12.8 Å². The van der Waals surface area contributed by atoms with E-state index in [0.717, 1.165) is 27.3 Å². The molecule has 4 rings (SSSR count). The lowest BCUT2D eigenvalue weighted by Gasteiger charge is -2.14. The predicted octanol–water partition coefficient (Wildman–Crippen LogP) is 4.49. The minimum Gasteiger partial charge on any atom is -0.495 e. The van der Waals surface area contributed by atoms with Gasteiger partial charge < -0.3 is 4.74 Å². The summed E-state index contributed by atoms with van der Waals surface area (Å²) in [7, 11) is -2.34. The number of sulfonamides is 1. The Morgan fingerprint density at radius 1 is 1.14 bits per heavy atom. The van der Waals surface area contributed by atoms with Crippen molar-refractivity contribution in [3.8, 4) is 17.0 Å². The van der Waals surface area contributed by atoms with E-state index in [1.165, 1.54) is 7.11 Å². The van der Waals surface area contributed by atoms with Gasteiger partial charge in [-0.2, -0.15) is 0 Å². The molecule has 28 heavy (non-hydrogen) atoms. The summed E-state index contributed by atoms with van der Waals surface area (Å²) >= 11 is 1.55. The number of thiazole rings is 1. The number of benzene rings is 2. The Morgan fingerprint density at radius 3 is 2.68 bits per heavy atom. The fraction of sp³-hybridized carbons (Fsp3) is 0.150. The Balaban J connectivity index is 1.69. The summed E-state index contributed by atoms with van der Waals surface area (Å²) in [5.74, 6) is 0.320. The third kappa shape index (κ3) is 3.36. The van der Waals surface area contributed by atoms with Gasteiger partial charge in [-0.1, -0.05) is 12.1 Å². The van der Waals surface area contributed by atoms with Gasteiger partial charge in [0.25, 0.3) is 10.0 Å². The topological polar surface area (TPSA) is 72.7 Å². The van der Waals surface area contributed by atoms with Crippen LogP contribution in [0.3, 0.4) is 0 Å². The number of rotatable bonds is 5. The summed E-state index contributed by atoms with van der Waals surface area (Å²) < 4.78 is 35.9. The molecule has 0 bridgehead atoms. The molecule has 6 nitrogen and oxygen atoms in total. The van der Waals surface area contributed by atoms with Gasteiger partial charge in [-0.3, -0.25) is 9.12 Å². The average molecular weight is 414 g/mol. The molecule has 0 aliphatic carbocycles. The molecule has 0 fully saturated rings. The fourth-order valence-corrected chi connectivity index (χ4v) is 4.94. The number of anilines is 1. The van der Waals surface area contributed by atoms with Gasteiger partial charge in [0.1, 0.15) is 10.6 Å². The molecular formula is C20H19N3O3S2. The molecule has 0 amide bonds. The van der Waals surface area contributed by atoms with Gasteiger partial charge in [-0.15, -0.1) is 11.3 Å². The van der Waals surface area contributed by atoms with Crippen LogP contribution >= 0.6 is 11.3 Å². The quantitative estimate of drug-likeness (QED) is 0.523. The first-order valence-corrected chi connectivity index (χ1v) is 10.9. The Morgan fingerprint density at radius 2 is 1.93 bits per heavy atom. The summed E-state index contributed by atoms with van der Waals surface area (Å²) in [6.45, 7) is 3.79. The van der Waals surface area contributed by atoms with Crippen molar-refractivity contribution in [2.75, 3.05) is 11.8 Å². The van der Waals surface area contributed by atoms with Crippen LogP contribution in [0.5, 0.6) is 5.75 Å². The number of hydrogen-bond donors (Lipinski definition) is 1. The molecule has 2 heterocycles. The second-order valence-corrected chi connectivity index (χ2v) is 9.02. The van der Waals surface area contributed by atoms with Crippen LogP contribution < -0.4 is 9.46 Å². The van der Waals surface area contributed by atoms with Crippen LogP contribution in [0.15, 0.2) is 59.1 Å². The van der Waals surface area contributed by atoms with Crippen molar-refractivity contribution in [2.45, 2.75) is 18.7 Å². The fourth-order valence-electron chi connectivity index (χ4n) is 2.95. The monoisotopic (exact) mass is 413 g/mol. The van der Waals surface area contributed by atoms with E-state index in [4.69, 9.17) is 4.74 Å². The minimum atomic E-state index is -3.81. The van der Waals surface area contributed by atoms with Crippen LogP contribution in [0, 0.1) is 13.8 Å². The first-order valence-electron chi connectivity index (χ1n) is 8.58. The van der Waals surface area contributed by atoms with Crippen LogP contribution in [0.25, 0.3) is 16.2 Å². The van der Waals surface area contributed by atoms with Crippen LogP contribution in [0.1, 0.15) is 11.1 Å². The summed E-state index contributed by atoms with van der Waals surface area (Å²) in [6, 6.07) is 10.6. The number of methoxy groups -OCH3 is 1. The molecule has 0 saturated heterocycles. The Hall–Kier alpha value is -2.84. The number of fused-ring (bicyclic) bond motifs is 1. The number of aromatic nitrogens is 2. The maximum Gasteiger partial charge on any atom is 0.265 e. The molecule has 1 N–H and O–H groups in total. The van der Waals surface area contributed by atoms with Gasteiger partial charge in [-0.05, 0) is 49.2 Å². The van der Waals surface area contributed by atoms with E-state index in [1.54, 1.807) is 41.7 Å². The highest BCUT2D eigenvalue weighted by Gasteiger charge is 2.21. The lowest BCUT2D eigenvalue weighted by molar-refractivity contribution is 0.402. The van der Waals surface area contributed by atoms with E-state index < -0.39 is 10.0 Å². The third-order valence-corrected chi connectivity index (χ3v) is 6.75. The third-order valence-electron chi connectivity index (χ3n) is 4.57. The molecule has 0 spiro atoms. The zero-order chi connectivity index (χ0) is 19.9. The molecule has 8 heteroatoms. The maximum absolute atomic E-state index is 13.0. The van der Waals surface area contributed by atoms with E-state index in [-0.39, 0.29) is 4.90 Å². The molecule has 144 valence electrons. The van der Waals surface area contributed by atoms with Crippen LogP contribution in [0.4, 0.5) is 5.69 Å². The van der Waals surface area contributed by atoms with Crippen molar-refractivity contribution in [1.29, 1.82) is 0 Å². The number of aryl methyl sites for hydroxylation is 2. The SMILES string of the molecule is COc1cc(C)c(C)cc1S(=O)(=O)Nc1cccc(-c2cn3ccsc3n2)c1. The van der Waals surface area contributed by atoms with E-state index in [2.05, 4.69) is 9.71 Å². The largest absolute Gasteiger partial charge is 0.495 e. The molecule has 2 aromatic heterocycles. The molecular weight excluding hydrogens is 394 g/mol. The normalized spacial score (nSPS) is 11.7. The van der Waals surface area contributed by atoms with Gasteiger partial charge in [0.2, 0.25) is 0 Å². The molecule has 0 atom stereocenters. The molecule has 4 aromatic rings. The number of hydrogen-bond acceptors (Lipinski definition) is 5. The van der Waals surface area contributed by atoms with Crippen LogP contribution in [-0.4, -0.2) is 24.9 Å². The Kier molecular flexibility index (Phi) is 4.60. The zero-order valence-corrected chi connectivity index (χ0v) is 17.3. The highest BCUT2D eigenvalue weighted by Crippen LogP contribution is 2.30. The van der Waals surface area contributed by atoms with Crippen LogP contribution in [0.2, 0.25) is 0 Å². The zero-order valence-electron chi connectivity index (χ0n) is 15.6. The highest BCUT2D eigenvalue weighted by atomic mass is 32.2. The molecule has 0 aliphatic rings. The van der Waals surface area contributed by atoms with Gasteiger partial charge in [0, 0.05) is 29.0 Å². The van der Waals surface area contributed by atoms with E-state index >= 15 is 0 Å². The average Bonchev–Trinajstić information content (AvgIpc) is 3.25. The molecule has 0 unspecified atom stereocenters. The lowest BCUT2D eigenvalue weighted by atomic mass is 10.1. The van der Waals surface area contributed by atoms with E-state index in [1.807, 2.05) is 42.1 Å². The molecule has 0 aliphatic heterocycles. The van der Waals surface area contributed by atoms with Crippen molar-refractivity contribution in [3.05, 3.63) is 65.3 Å². The smallest absolute Gasteiger partial charge is 0.265 e. The summed E-state index contributed by atoms with van der Waals surface area (Å²) in [4.78, 5) is 5.58. The standard InChI is InChI=1S/C20H19N3O3S2/c1-13-9-18(26-3)19(10-14(13)2)28(24,25)22-16-6-4-5-15(11-16)17-12-23-7-8-27-20(23)21-17/h4-12,22H,1-3H3. The second-order valence-electron chi connectivity index (χ2n) is 6.49. The predicted molar refractivity (Wildman–Crippen MR) is 112 cm³/mol. The molecule has 0 radical (unpaired) electrons. The first-order chi connectivity index (χ1) is 13.4. The number of imidazole rings is 1. The number of nitrogens with zero attached hydrogens (tertiary/aromatic N) is 2.